The molecule has 146 valence electrons. The van der Waals surface area contributed by atoms with Gasteiger partial charge in [-0.15, -0.1) is 0 Å². The fourth-order valence-corrected chi connectivity index (χ4v) is 4.48. The summed E-state index contributed by atoms with van der Waals surface area (Å²) in [7, 11) is 0. The molecule has 0 radical (unpaired) electrons. The minimum Gasteiger partial charge on any atom is -0.366 e. The molecule has 2 atom stereocenters. The first kappa shape index (κ1) is 18.5. The fourth-order valence-electron chi connectivity index (χ4n) is 4.48. The van der Waals surface area contributed by atoms with E-state index >= 15 is 0 Å². The molecule has 6 heteroatoms. The Balaban J connectivity index is 1.38. The van der Waals surface area contributed by atoms with Gasteiger partial charge < -0.3 is 16.0 Å². The Morgan fingerprint density at radius 2 is 1.93 bits per heavy atom. The molecule has 2 unspecified atom stereocenters. The minimum atomic E-state index is -0.431. The number of amides is 3. The topological polar surface area (TPSA) is 75.4 Å². The Hall–Kier alpha value is -2.89. The van der Waals surface area contributed by atoms with Crippen molar-refractivity contribution in [1.82, 2.24) is 10.2 Å². The first-order chi connectivity index (χ1) is 13.5. The molecule has 1 heterocycles. The molecular formula is C22H24FN3O2. The maximum atomic E-state index is 14.0. The highest BCUT2D eigenvalue weighted by Crippen LogP contribution is 2.35. The van der Waals surface area contributed by atoms with E-state index in [2.05, 4.69) is 5.32 Å². The molecule has 3 amide bonds. The van der Waals surface area contributed by atoms with Crippen molar-refractivity contribution in [3.05, 3.63) is 70.5 Å². The maximum absolute atomic E-state index is 14.0. The van der Waals surface area contributed by atoms with Crippen molar-refractivity contribution in [2.75, 3.05) is 6.54 Å². The Labute approximate surface area is 163 Å². The molecule has 2 aromatic rings. The van der Waals surface area contributed by atoms with Crippen LogP contribution in [0, 0.1) is 5.82 Å². The van der Waals surface area contributed by atoms with Gasteiger partial charge in [-0.2, -0.15) is 0 Å². The number of hydrogen-bond acceptors (Lipinski definition) is 2. The Morgan fingerprint density at radius 1 is 1.11 bits per heavy atom. The van der Waals surface area contributed by atoms with Crippen LogP contribution in [-0.2, 0) is 13.0 Å². The van der Waals surface area contributed by atoms with Crippen molar-refractivity contribution in [2.24, 2.45) is 5.73 Å². The number of nitrogens with zero attached hydrogens (tertiary/aromatic N) is 1. The zero-order valence-corrected chi connectivity index (χ0v) is 15.7. The van der Waals surface area contributed by atoms with E-state index in [9.17, 15) is 14.0 Å². The summed E-state index contributed by atoms with van der Waals surface area (Å²) in [6.45, 7) is 1.01. The number of rotatable bonds is 3. The second kappa shape index (κ2) is 7.62. The summed E-state index contributed by atoms with van der Waals surface area (Å²) in [6, 6.07) is 12.3. The molecule has 0 aromatic heterocycles. The lowest BCUT2D eigenvalue weighted by Crippen LogP contribution is -2.46. The van der Waals surface area contributed by atoms with Crippen LogP contribution in [0.3, 0.4) is 0 Å². The van der Waals surface area contributed by atoms with E-state index in [1.165, 1.54) is 6.07 Å². The number of carbonyl (C=O) groups is 2. The summed E-state index contributed by atoms with van der Waals surface area (Å²) in [5.41, 5.74) is 8.65. The first-order valence-corrected chi connectivity index (χ1v) is 9.73. The highest BCUT2D eigenvalue weighted by atomic mass is 19.1. The number of hydrogen-bond donors (Lipinski definition) is 2. The minimum absolute atomic E-state index is 0.0513. The number of halogens is 1. The summed E-state index contributed by atoms with van der Waals surface area (Å²) < 4.78 is 14.0. The molecule has 3 N–H and O–H groups in total. The average Bonchev–Trinajstić information content (AvgIpc) is 3.15. The number of nitrogens with one attached hydrogen (secondary N) is 1. The Bertz CT molecular complexity index is 914. The van der Waals surface area contributed by atoms with Crippen molar-refractivity contribution < 1.29 is 14.0 Å². The predicted molar refractivity (Wildman–Crippen MR) is 104 cm³/mol. The molecule has 28 heavy (non-hydrogen) atoms. The molecule has 2 aromatic carbocycles. The van der Waals surface area contributed by atoms with Crippen LogP contribution in [0.1, 0.15) is 52.2 Å². The van der Waals surface area contributed by atoms with Crippen LogP contribution in [0.2, 0.25) is 0 Å². The third-order valence-corrected chi connectivity index (χ3v) is 5.92. The fraction of sp³-hybridized carbons (Fsp3) is 0.364. The Kier molecular flexibility index (Phi) is 5.03. The van der Waals surface area contributed by atoms with Crippen LogP contribution >= 0.6 is 0 Å². The molecule has 0 spiro atoms. The SMILES string of the molecule is NC(=O)c1cccc2c1CCN(C(=O)NC1CCC(c3ccccc3F)C1)C2. The third-order valence-electron chi connectivity index (χ3n) is 5.92. The molecule has 0 bridgehead atoms. The van der Waals surface area contributed by atoms with E-state index in [4.69, 9.17) is 5.73 Å². The molecule has 2 aliphatic rings. The number of urea groups is 1. The van der Waals surface area contributed by atoms with Crippen molar-refractivity contribution in [2.45, 2.75) is 44.2 Å². The molecule has 5 nitrogen and oxygen atoms in total. The van der Waals surface area contributed by atoms with Gasteiger partial charge in [-0.05, 0) is 60.4 Å². The normalized spacial score (nSPS) is 21.2. The highest BCUT2D eigenvalue weighted by molar-refractivity contribution is 5.94. The van der Waals surface area contributed by atoms with Crippen LogP contribution in [-0.4, -0.2) is 29.4 Å². The molecule has 1 saturated carbocycles. The van der Waals surface area contributed by atoms with Gasteiger partial charge in [-0.1, -0.05) is 30.3 Å². The van der Waals surface area contributed by atoms with Gasteiger partial charge in [0, 0.05) is 24.7 Å². The number of nitrogens with two attached hydrogens (primary N) is 1. The monoisotopic (exact) mass is 381 g/mol. The second-order valence-electron chi connectivity index (χ2n) is 7.66. The number of benzene rings is 2. The molecular weight excluding hydrogens is 357 g/mol. The first-order valence-electron chi connectivity index (χ1n) is 9.73. The summed E-state index contributed by atoms with van der Waals surface area (Å²) in [5.74, 6) is -0.455. The van der Waals surface area contributed by atoms with Crippen LogP contribution in [0.5, 0.6) is 0 Å². The van der Waals surface area contributed by atoms with Gasteiger partial charge >= 0.3 is 6.03 Å². The molecule has 1 aliphatic carbocycles. The molecule has 4 rings (SSSR count). The summed E-state index contributed by atoms with van der Waals surface area (Å²) in [6.07, 6.45) is 3.09. The lowest BCUT2D eigenvalue weighted by atomic mass is 9.94. The van der Waals surface area contributed by atoms with Gasteiger partial charge in [0.15, 0.2) is 0 Å². The lowest BCUT2D eigenvalue weighted by Gasteiger charge is -2.31. The van der Waals surface area contributed by atoms with E-state index in [0.29, 0.717) is 25.1 Å². The van der Waals surface area contributed by atoms with E-state index in [1.54, 1.807) is 23.1 Å². The third kappa shape index (κ3) is 3.59. The summed E-state index contributed by atoms with van der Waals surface area (Å²) in [5, 5.41) is 3.11. The van der Waals surface area contributed by atoms with E-state index < -0.39 is 5.91 Å². The van der Waals surface area contributed by atoms with Crippen molar-refractivity contribution in [3.8, 4) is 0 Å². The van der Waals surface area contributed by atoms with Crippen molar-refractivity contribution in [3.63, 3.8) is 0 Å². The average molecular weight is 381 g/mol. The van der Waals surface area contributed by atoms with Gasteiger partial charge in [0.05, 0.1) is 0 Å². The maximum Gasteiger partial charge on any atom is 0.317 e. The van der Waals surface area contributed by atoms with E-state index in [1.807, 2.05) is 18.2 Å². The van der Waals surface area contributed by atoms with Crippen molar-refractivity contribution >= 4 is 11.9 Å². The molecule has 1 aliphatic heterocycles. The van der Waals surface area contributed by atoms with Crippen molar-refractivity contribution in [1.29, 1.82) is 0 Å². The van der Waals surface area contributed by atoms with Gasteiger partial charge in [0.2, 0.25) is 5.91 Å². The van der Waals surface area contributed by atoms with E-state index in [-0.39, 0.29) is 23.8 Å². The molecule has 1 fully saturated rings. The van der Waals surface area contributed by atoms with Gasteiger partial charge in [0.1, 0.15) is 5.82 Å². The van der Waals surface area contributed by atoms with Crippen LogP contribution in [0.4, 0.5) is 9.18 Å². The number of carbonyl (C=O) groups excluding carboxylic acids is 2. The summed E-state index contributed by atoms with van der Waals surface area (Å²) in [4.78, 5) is 26.1. The number of primary amides is 1. The smallest absolute Gasteiger partial charge is 0.317 e. The largest absolute Gasteiger partial charge is 0.366 e. The van der Waals surface area contributed by atoms with Crippen LogP contribution < -0.4 is 11.1 Å². The molecule has 0 saturated heterocycles. The quantitative estimate of drug-likeness (QED) is 0.856. The van der Waals surface area contributed by atoms with E-state index in [0.717, 1.165) is 36.0 Å². The van der Waals surface area contributed by atoms with Gasteiger partial charge in [-0.25, -0.2) is 9.18 Å². The van der Waals surface area contributed by atoms with Gasteiger partial charge in [0.25, 0.3) is 0 Å². The van der Waals surface area contributed by atoms with Crippen LogP contribution in [0.25, 0.3) is 0 Å². The standard InChI is InChI=1S/C22H24FN3O2/c23-20-7-2-1-5-18(20)14-8-9-16(12-14)25-22(28)26-11-10-17-15(13-26)4-3-6-19(17)21(24)27/h1-7,14,16H,8-13H2,(H2,24,27)(H,25,28). The Morgan fingerprint density at radius 3 is 2.71 bits per heavy atom. The zero-order valence-electron chi connectivity index (χ0n) is 15.7. The lowest BCUT2D eigenvalue weighted by molar-refractivity contribution is 0.0999. The zero-order chi connectivity index (χ0) is 19.7. The van der Waals surface area contributed by atoms with Gasteiger partial charge in [-0.3, -0.25) is 4.79 Å². The highest BCUT2D eigenvalue weighted by Gasteiger charge is 2.30. The van der Waals surface area contributed by atoms with Crippen LogP contribution in [0.15, 0.2) is 42.5 Å². The number of fused-ring (bicyclic) bond motifs is 1. The predicted octanol–water partition coefficient (Wildman–Crippen LogP) is 3.33. The summed E-state index contributed by atoms with van der Waals surface area (Å²) >= 11 is 0. The second-order valence-corrected chi connectivity index (χ2v) is 7.66.